The number of halogens is 1. The zero-order valence-corrected chi connectivity index (χ0v) is 11.9. The molecule has 3 rings (SSSR count). The SMILES string of the molecule is COc1ccc(N2CCC(c3ccc(Cl)cn3)C2)nn1. The molecule has 1 aliphatic rings. The molecule has 0 N–H and O–H groups in total. The predicted octanol–water partition coefficient (Wildman–Crippen LogP) is 2.53. The average molecular weight is 291 g/mol. The second kappa shape index (κ2) is 5.63. The molecule has 20 heavy (non-hydrogen) atoms. The Kier molecular flexibility index (Phi) is 3.69. The fourth-order valence-corrected chi connectivity index (χ4v) is 2.54. The third kappa shape index (κ3) is 2.67. The lowest BCUT2D eigenvalue weighted by Crippen LogP contribution is -2.20. The molecule has 2 aromatic heterocycles. The number of rotatable bonds is 3. The molecular formula is C14H15ClN4O. The van der Waals surface area contributed by atoms with Crippen LogP contribution in [0.15, 0.2) is 30.5 Å². The molecule has 1 aliphatic heterocycles. The number of methoxy groups -OCH3 is 1. The molecule has 0 saturated carbocycles. The molecule has 1 saturated heterocycles. The van der Waals surface area contributed by atoms with Gasteiger partial charge in [0.25, 0.3) is 0 Å². The number of anilines is 1. The van der Waals surface area contributed by atoms with Gasteiger partial charge in [0.2, 0.25) is 5.88 Å². The summed E-state index contributed by atoms with van der Waals surface area (Å²) in [5, 5.41) is 8.86. The molecule has 0 bridgehead atoms. The summed E-state index contributed by atoms with van der Waals surface area (Å²) >= 11 is 5.87. The molecule has 1 unspecified atom stereocenters. The van der Waals surface area contributed by atoms with Gasteiger partial charge in [0.15, 0.2) is 5.82 Å². The summed E-state index contributed by atoms with van der Waals surface area (Å²) in [5.74, 6) is 1.82. The van der Waals surface area contributed by atoms with E-state index in [1.54, 1.807) is 13.3 Å². The van der Waals surface area contributed by atoms with Gasteiger partial charge >= 0.3 is 0 Å². The van der Waals surface area contributed by atoms with E-state index in [1.807, 2.05) is 24.3 Å². The first-order valence-electron chi connectivity index (χ1n) is 6.50. The van der Waals surface area contributed by atoms with E-state index in [1.165, 1.54) is 0 Å². The lowest BCUT2D eigenvalue weighted by atomic mass is 10.0. The maximum absolute atomic E-state index is 5.87. The van der Waals surface area contributed by atoms with Gasteiger partial charge in [0.1, 0.15) is 0 Å². The Balaban J connectivity index is 1.71. The molecule has 0 amide bonds. The topological polar surface area (TPSA) is 51.1 Å². The summed E-state index contributed by atoms with van der Waals surface area (Å²) in [6, 6.07) is 7.65. The van der Waals surface area contributed by atoms with E-state index in [0.29, 0.717) is 16.8 Å². The van der Waals surface area contributed by atoms with Crippen LogP contribution in [-0.2, 0) is 0 Å². The normalized spacial score (nSPS) is 18.3. The minimum Gasteiger partial charge on any atom is -0.480 e. The molecule has 1 fully saturated rings. The highest BCUT2D eigenvalue weighted by Crippen LogP contribution is 2.29. The Morgan fingerprint density at radius 2 is 2.15 bits per heavy atom. The summed E-state index contributed by atoms with van der Waals surface area (Å²) in [6.45, 7) is 1.85. The lowest BCUT2D eigenvalue weighted by molar-refractivity contribution is 0.392. The summed E-state index contributed by atoms with van der Waals surface area (Å²) in [5.41, 5.74) is 1.08. The Hall–Kier alpha value is -1.88. The zero-order valence-electron chi connectivity index (χ0n) is 11.2. The minimum atomic E-state index is 0.413. The van der Waals surface area contributed by atoms with Gasteiger partial charge in [-0.05, 0) is 24.6 Å². The smallest absolute Gasteiger partial charge is 0.233 e. The van der Waals surface area contributed by atoms with Gasteiger partial charge in [0, 0.05) is 37.0 Å². The van der Waals surface area contributed by atoms with E-state index in [4.69, 9.17) is 16.3 Å². The van der Waals surface area contributed by atoms with Crippen LogP contribution in [0.2, 0.25) is 5.02 Å². The summed E-state index contributed by atoms with van der Waals surface area (Å²) in [4.78, 5) is 6.62. The third-order valence-corrected chi connectivity index (χ3v) is 3.74. The third-order valence-electron chi connectivity index (χ3n) is 3.52. The fraction of sp³-hybridized carbons (Fsp3) is 0.357. The van der Waals surface area contributed by atoms with Crippen molar-refractivity contribution in [2.45, 2.75) is 12.3 Å². The molecule has 2 aromatic rings. The van der Waals surface area contributed by atoms with E-state index in [0.717, 1.165) is 31.0 Å². The van der Waals surface area contributed by atoms with Crippen molar-refractivity contribution in [1.29, 1.82) is 0 Å². The van der Waals surface area contributed by atoms with Gasteiger partial charge in [-0.25, -0.2) is 0 Å². The van der Waals surface area contributed by atoms with Gasteiger partial charge in [-0.2, -0.15) is 0 Å². The lowest BCUT2D eigenvalue weighted by Gasteiger charge is -2.16. The van der Waals surface area contributed by atoms with Crippen LogP contribution in [0.5, 0.6) is 5.88 Å². The highest BCUT2D eigenvalue weighted by molar-refractivity contribution is 6.30. The molecule has 104 valence electrons. The first kappa shape index (κ1) is 13.1. The van der Waals surface area contributed by atoms with Crippen LogP contribution in [0.25, 0.3) is 0 Å². The molecule has 1 atom stereocenters. The van der Waals surface area contributed by atoms with Crippen molar-refractivity contribution in [1.82, 2.24) is 15.2 Å². The highest BCUT2D eigenvalue weighted by atomic mass is 35.5. The van der Waals surface area contributed by atoms with Crippen LogP contribution in [0.4, 0.5) is 5.82 Å². The number of pyridine rings is 1. The van der Waals surface area contributed by atoms with Crippen LogP contribution >= 0.6 is 11.6 Å². The van der Waals surface area contributed by atoms with Crippen LogP contribution in [0.1, 0.15) is 18.0 Å². The van der Waals surface area contributed by atoms with Crippen molar-refractivity contribution in [2.75, 3.05) is 25.1 Å². The van der Waals surface area contributed by atoms with Crippen LogP contribution < -0.4 is 9.64 Å². The van der Waals surface area contributed by atoms with Crippen LogP contribution in [-0.4, -0.2) is 35.4 Å². The molecular weight excluding hydrogens is 276 g/mol. The Morgan fingerprint density at radius 3 is 2.80 bits per heavy atom. The van der Waals surface area contributed by atoms with Crippen LogP contribution in [0.3, 0.4) is 0 Å². The predicted molar refractivity (Wildman–Crippen MR) is 77.4 cm³/mol. The number of ether oxygens (including phenoxy) is 1. The molecule has 5 nitrogen and oxygen atoms in total. The minimum absolute atomic E-state index is 0.413. The van der Waals surface area contributed by atoms with E-state index in [2.05, 4.69) is 20.1 Å². The van der Waals surface area contributed by atoms with Crippen molar-refractivity contribution in [3.05, 3.63) is 41.2 Å². The number of hydrogen-bond donors (Lipinski definition) is 0. The molecule has 3 heterocycles. The van der Waals surface area contributed by atoms with Crippen molar-refractivity contribution < 1.29 is 4.74 Å². The highest BCUT2D eigenvalue weighted by Gasteiger charge is 2.25. The maximum Gasteiger partial charge on any atom is 0.233 e. The largest absolute Gasteiger partial charge is 0.480 e. The van der Waals surface area contributed by atoms with Gasteiger partial charge in [0.05, 0.1) is 12.1 Å². The Bertz CT molecular complexity index is 573. The van der Waals surface area contributed by atoms with Gasteiger partial charge in [-0.15, -0.1) is 10.2 Å². The maximum atomic E-state index is 5.87. The average Bonchev–Trinajstić information content (AvgIpc) is 2.98. The zero-order chi connectivity index (χ0) is 13.9. The monoisotopic (exact) mass is 290 g/mol. The van der Waals surface area contributed by atoms with Crippen molar-refractivity contribution >= 4 is 17.4 Å². The fourth-order valence-electron chi connectivity index (χ4n) is 2.43. The van der Waals surface area contributed by atoms with Gasteiger partial charge < -0.3 is 9.64 Å². The van der Waals surface area contributed by atoms with Crippen LogP contribution in [0, 0.1) is 0 Å². The van der Waals surface area contributed by atoms with E-state index in [9.17, 15) is 0 Å². The van der Waals surface area contributed by atoms with Crippen molar-refractivity contribution in [3.8, 4) is 5.88 Å². The van der Waals surface area contributed by atoms with E-state index >= 15 is 0 Å². The van der Waals surface area contributed by atoms with Crippen molar-refractivity contribution in [3.63, 3.8) is 0 Å². The first-order valence-corrected chi connectivity index (χ1v) is 6.88. The Labute approximate surface area is 122 Å². The molecule has 0 aliphatic carbocycles. The second-order valence-electron chi connectivity index (χ2n) is 4.77. The number of aromatic nitrogens is 3. The second-order valence-corrected chi connectivity index (χ2v) is 5.20. The first-order chi connectivity index (χ1) is 9.76. The molecule has 6 heteroatoms. The van der Waals surface area contributed by atoms with Gasteiger partial charge in [-0.3, -0.25) is 4.98 Å². The summed E-state index contributed by atoms with van der Waals surface area (Å²) in [6.07, 6.45) is 2.76. The Morgan fingerprint density at radius 1 is 1.25 bits per heavy atom. The molecule has 0 spiro atoms. The number of hydrogen-bond acceptors (Lipinski definition) is 5. The summed E-state index contributed by atoms with van der Waals surface area (Å²) < 4.78 is 5.02. The standard InChI is InChI=1S/C14H15ClN4O/c1-20-14-5-4-13(17-18-14)19-7-6-10(9-19)12-3-2-11(15)8-16-12/h2-5,8,10H,6-7,9H2,1H3. The van der Waals surface area contributed by atoms with Crippen molar-refractivity contribution in [2.24, 2.45) is 0 Å². The quantitative estimate of drug-likeness (QED) is 0.869. The van der Waals surface area contributed by atoms with E-state index in [-0.39, 0.29) is 0 Å². The molecule has 0 radical (unpaired) electrons. The summed E-state index contributed by atoms with van der Waals surface area (Å²) in [7, 11) is 1.59. The molecule has 0 aromatic carbocycles. The van der Waals surface area contributed by atoms with Gasteiger partial charge in [-0.1, -0.05) is 11.6 Å². The van der Waals surface area contributed by atoms with E-state index < -0.39 is 0 Å². The number of nitrogens with zero attached hydrogens (tertiary/aromatic N) is 4.